The quantitative estimate of drug-likeness (QED) is 0.510. The van der Waals surface area contributed by atoms with Crippen LogP contribution in [-0.2, 0) is 7.05 Å². The summed E-state index contributed by atoms with van der Waals surface area (Å²) in [6, 6.07) is 2.25. The van der Waals surface area contributed by atoms with Crippen molar-refractivity contribution in [3.63, 3.8) is 0 Å². The summed E-state index contributed by atoms with van der Waals surface area (Å²) in [6.07, 6.45) is 10.1. The fraction of sp³-hybridized carbons (Fsp3) is 0.409. The third kappa shape index (κ3) is 3.76. The van der Waals surface area contributed by atoms with Gasteiger partial charge in [-0.1, -0.05) is 0 Å². The van der Waals surface area contributed by atoms with Crippen molar-refractivity contribution in [1.82, 2.24) is 34.5 Å². The highest BCUT2D eigenvalue weighted by Crippen LogP contribution is 2.36. The molecule has 4 aromatic rings. The van der Waals surface area contributed by atoms with Gasteiger partial charge in [-0.25, -0.2) is 9.97 Å². The van der Waals surface area contributed by atoms with Gasteiger partial charge < -0.3 is 10.1 Å². The maximum absolute atomic E-state index is 14.0. The van der Waals surface area contributed by atoms with Crippen LogP contribution < -0.4 is 10.1 Å². The van der Waals surface area contributed by atoms with Crippen LogP contribution in [-0.4, -0.2) is 47.7 Å². The van der Waals surface area contributed by atoms with Crippen molar-refractivity contribution in [3.05, 3.63) is 42.5 Å². The van der Waals surface area contributed by atoms with Crippen LogP contribution in [0.15, 0.2) is 30.9 Å². The van der Waals surface area contributed by atoms with Crippen molar-refractivity contribution in [2.45, 2.75) is 44.8 Å². The van der Waals surface area contributed by atoms with Crippen molar-refractivity contribution in [1.29, 1.82) is 0 Å². The zero-order valence-electron chi connectivity index (χ0n) is 18.3. The van der Waals surface area contributed by atoms with Crippen molar-refractivity contribution in [2.75, 3.05) is 12.4 Å². The van der Waals surface area contributed by atoms with Crippen LogP contribution in [0.3, 0.4) is 0 Å². The Bertz CT molecular complexity index is 1260. The highest BCUT2D eigenvalue weighted by molar-refractivity contribution is 5.93. The Morgan fingerprint density at radius 3 is 2.66 bits per heavy atom. The number of aryl methyl sites for hydroxylation is 2. The molecule has 0 amide bonds. The van der Waals surface area contributed by atoms with Crippen molar-refractivity contribution in [3.8, 4) is 17.1 Å². The van der Waals surface area contributed by atoms with Crippen LogP contribution in [0.2, 0.25) is 0 Å². The maximum atomic E-state index is 14.0. The van der Waals surface area contributed by atoms with E-state index < -0.39 is 5.82 Å². The van der Waals surface area contributed by atoms with Crippen LogP contribution in [0.25, 0.3) is 22.2 Å². The van der Waals surface area contributed by atoms with E-state index in [-0.39, 0.29) is 18.0 Å². The molecule has 0 bridgehead atoms. The van der Waals surface area contributed by atoms with Gasteiger partial charge in [-0.15, -0.1) is 0 Å². The molecule has 0 aromatic carbocycles. The molecule has 4 heterocycles. The first-order valence-corrected chi connectivity index (χ1v) is 10.7. The number of nitrogens with zero attached hydrogens (tertiary/aromatic N) is 7. The lowest BCUT2D eigenvalue weighted by atomic mass is 9.93. The Morgan fingerprint density at radius 1 is 1.12 bits per heavy atom. The molecule has 166 valence electrons. The number of anilines is 1. The monoisotopic (exact) mass is 436 g/mol. The number of halogens is 1. The third-order valence-corrected chi connectivity index (χ3v) is 5.93. The fourth-order valence-corrected chi connectivity index (χ4v) is 4.29. The van der Waals surface area contributed by atoms with Gasteiger partial charge in [-0.05, 0) is 32.6 Å². The Morgan fingerprint density at radius 2 is 1.94 bits per heavy atom. The van der Waals surface area contributed by atoms with Gasteiger partial charge in [0.15, 0.2) is 0 Å². The number of fused-ring (bicyclic) bond motifs is 1. The summed E-state index contributed by atoms with van der Waals surface area (Å²) in [5.41, 5.74) is 2.87. The lowest BCUT2D eigenvalue weighted by Crippen LogP contribution is -2.27. The third-order valence-electron chi connectivity index (χ3n) is 5.93. The van der Waals surface area contributed by atoms with Crippen LogP contribution >= 0.6 is 0 Å². The van der Waals surface area contributed by atoms with Gasteiger partial charge in [0.2, 0.25) is 5.82 Å². The molecule has 1 aliphatic rings. The van der Waals surface area contributed by atoms with E-state index in [4.69, 9.17) is 9.84 Å². The maximum Gasteiger partial charge on any atom is 0.254 e. The first kappa shape index (κ1) is 20.3. The van der Waals surface area contributed by atoms with Gasteiger partial charge in [0.05, 0.1) is 24.0 Å². The van der Waals surface area contributed by atoms with Gasteiger partial charge in [0.25, 0.3) is 5.88 Å². The zero-order chi connectivity index (χ0) is 22.2. The number of rotatable bonds is 5. The van der Waals surface area contributed by atoms with E-state index in [2.05, 4.69) is 30.0 Å². The van der Waals surface area contributed by atoms with E-state index in [9.17, 15) is 4.39 Å². The van der Waals surface area contributed by atoms with E-state index in [0.29, 0.717) is 5.82 Å². The first-order valence-electron chi connectivity index (χ1n) is 10.7. The van der Waals surface area contributed by atoms with Crippen LogP contribution in [0.1, 0.15) is 37.5 Å². The molecular formula is C22H25FN8O. The zero-order valence-corrected chi connectivity index (χ0v) is 18.3. The molecule has 1 saturated carbocycles. The molecule has 0 aliphatic heterocycles. The lowest BCUT2D eigenvalue weighted by Gasteiger charge is -2.29. The first-order chi connectivity index (χ1) is 15.5. The molecule has 1 fully saturated rings. The minimum atomic E-state index is -0.524. The number of aromatic nitrogens is 7. The number of pyridine rings is 1. The Labute approximate surface area is 184 Å². The van der Waals surface area contributed by atoms with E-state index in [1.54, 1.807) is 11.6 Å². The Balaban J connectivity index is 1.41. The molecule has 5 rings (SSSR count). The van der Waals surface area contributed by atoms with Crippen molar-refractivity contribution >= 4 is 16.7 Å². The average Bonchev–Trinajstić information content (AvgIpc) is 3.40. The predicted molar refractivity (Wildman–Crippen MR) is 118 cm³/mol. The standard InChI is InChI=1S/C22H25FN8O/c1-13-25-11-18(23)22(28-13)32-16-6-4-15(5-7-16)31-19-8-20(24-2)26-10-17(19)21(29-31)14-9-27-30(3)12-14/h8-12,15-16H,4-7H2,1-3H3,(H,24,26). The molecule has 1 N–H and O–H groups in total. The van der Waals surface area contributed by atoms with E-state index in [1.807, 2.05) is 38.8 Å². The number of hydrogen-bond acceptors (Lipinski definition) is 7. The molecule has 0 atom stereocenters. The molecule has 0 spiro atoms. The second-order valence-corrected chi connectivity index (χ2v) is 8.15. The molecule has 4 aromatic heterocycles. The molecule has 0 saturated heterocycles. The fourth-order valence-electron chi connectivity index (χ4n) is 4.29. The molecule has 1 aliphatic carbocycles. The molecule has 32 heavy (non-hydrogen) atoms. The average molecular weight is 436 g/mol. The highest BCUT2D eigenvalue weighted by Gasteiger charge is 2.28. The van der Waals surface area contributed by atoms with Crippen molar-refractivity contribution < 1.29 is 9.13 Å². The van der Waals surface area contributed by atoms with E-state index in [0.717, 1.165) is 59.9 Å². The second-order valence-electron chi connectivity index (χ2n) is 8.15. The van der Waals surface area contributed by atoms with Crippen LogP contribution in [0.5, 0.6) is 5.88 Å². The molecule has 9 nitrogen and oxygen atoms in total. The number of nitrogens with one attached hydrogen (secondary N) is 1. The van der Waals surface area contributed by atoms with E-state index in [1.165, 1.54) is 0 Å². The smallest absolute Gasteiger partial charge is 0.254 e. The van der Waals surface area contributed by atoms with Gasteiger partial charge in [0, 0.05) is 43.5 Å². The second kappa shape index (κ2) is 8.18. The lowest BCUT2D eigenvalue weighted by molar-refractivity contribution is 0.120. The summed E-state index contributed by atoms with van der Waals surface area (Å²) in [5, 5.41) is 13.4. The van der Waals surface area contributed by atoms with E-state index >= 15 is 0 Å². The van der Waals surface area contributed by atoms with Crippen molar-refractivity contribution in [2.24, 2.45) is 7.05 Å². The highest BCUT2D eigenvalue weighted by atomic mass is 19.1. The van der Waals surface area contributed by atoms with Gasteiger partial charge >= 0.3 is 0 Å². The van der Waals surface area contributed by atoms with Gasteiger partial charge in [-0.2, -0.15) is 19.6 Å². The van der Waals surface area contributed by atoms with Crippen LogP contribution in [0, 0.1) is 12.7 Å². The number of ether oxygens (including phenoxy) is 1. The Kier molecular flexibility index (Phi) is 5.20. The largest absolute Gasteiger partial charge is 0.472 e. The summed E-state index contributed by atoms with van der Waals surface area (Å²) in [4.78, 5) is 12.4. The molecule has 0 unspecified atom stereocenters. The summed E-state index contributed by atoms with van der Waals surface area (Å²) in [6.45, 7) is 1.72. The molecule has 0 radical (unpaired) electrons. The predicted octanol–water partition coefficient (Wildman–Crippen LogP) is 3.67. The summed E-state index contributed by atoms with van der Waals surface area (Å²) in [5.74, 6) is 0.802. The SMILES string of the molecule is CNc1cc2c(cn1)c(-c1cnn(C)c1)nn2C1CCC(Oc2nc(C)ncc2F)CC1. The summed E-state index contributed by atoms with van der Waals surface area (Å²) < 4.78 is 23.7. The minimum absolute atomic E-state index is 0.0362. The summed E-state index contributed by atoms with van der Waals surface area (Å²) >= 11 is 0. The van der Waals surface area contributed by atoms with Gasteiger partial charge in [-0.3, -0.25) is 9.36 Å². The molecular weight excluding hydrogens is 411 g/mol. The normalized spacial score (nSPS) is 18.8. The minimum Gasteiger partial charge on any atom is -0.472 e. The summed E-state index contributed by atoms with van der Waals surface area (Å²) in [7, 11) is 3.75. The number of hydrogen-bond donors (Lipinski definition) is 1. The Hall–Kier alpha value is -3.56. The van der Waals surface area contributed by atoms with Crippen LogP contribution in [0.4, 0.5) is 10.2 Å². The molecule has 10 heteroatoms. The topological polar surface area (TPSA) is 95.6 Å². The van der Waals surface area contributed by atoms with Gasteiger partial charge in [0.1, 0.15) is 23.4 Å².